The van der Waals surface area contributed by atoms with Crippen molar-refractivity contribution in [2.24, 2.45) is 0 Å². The van der Waals surface area contributed by atoms with E-state index in [9.17, 15) is 14.4 Å². The Morgan fingerprint density at radius 2 is 1.81 bits per heavy atom. The minimum Gasteiger partial charge on any atom is -0.347 e. The fraction of sp³-hybridized carbons (Fsp3) is 0.350. The molecule has 2 atom stereocenters. The third-order valence-electron chi connectivity index (χ3n) is 5.20. The Kier molecular flexibility index (Phi) is 4.68. The zero-order valence-electron chi connectivity index (χ0n) is 14.3. The first-order valence-electron chi connectivity index (χ1n) is 8.92. The van der Waals surface area contributed by atoms with Crippen molar-refractivity contribution in [2.45, 2.75) is 37.8 Å². The summed E-state index contributed by atoms with van der Waals surface area (Å²) >= 11 is 1.05. The van der Waals surface area contributed by atoms with Gasteiger partial charge in [-0.05, 0) is 29.7 Å². The van der Waals surface area contributed by atoms with E-state index in [2.05, 4.69) is 5.32 Å². The van der Waals surface area contributed by atoms with Crippen molar-refractivity contribution in [1.82, 2.24) is 10.2 Å². The van der Waals surface area contributed by atoms with Crippen LogP contribution in [0.3, 0.4) is 0 Å². The highest BCUT2D eigenvalue weighted by atomic mass is 32.2. The second kappa shape index (κ2) is 7.11. The highest BCUT2D eigenvalue weighted by Crippen LogP contribution is 2.30. The molecule has 2 unspecified atom stereocenters. The van der Waals surface area contributed by atoms with Crippen molar-refractivity contribution >= 4 is 39.6 Å². The van der Waals surface area contributed by atoms with E-state index in [0.29, 0.717) is 5.56 Å². The van der Waals surface area contributed by atoms with Gasteiger partial charge in [0.25, 0.3) is 11.1 Å². The van der Waals surface area contributed by atoms with Crippen LogP contribution >= 0.6 is 11.8 Å². The average molecular weight is 368 g/mol. The molecule has 1 aliphatic heterocycles. The fourth-order valence-electron chi connectivity index (χ4n) is 3.94. The molecule has 2 aliphatic rings. The maximum Gasteiger partial charge on any atom is 0.289 e. The van der Waals surface area contributed by atoms with Gasteiger partial charge in [0.1, 0.15) is 0 Å². The summed E-state index contributed by atoms with van der Waals surface area (Å²) in [7, 11) is 0. The summed E-state index contributed by atoms with van der Waals surface area (Å²) in [5, 5.41) is 4.83. The summed E-state index contributed by atoms with van der Waals surface area (Å²) in [5.41, 5.74) is 0.626. The van der Waals surface area contributed by atoms with Crippen molar-refractivity contribution in [3.8, 4) is 0 Å². The van der Waals surface area contributed by atoms with Crippen molar-refractivity contribution in [1.29, 1.82) is 0 Å². The van der Waals surface area contributed by atoms with Crippen LogP contribution in [-0.4, -0.2) is 39.8 Å². The Labute approximate surface area is 156 Å². The van der Waals surface area contributed by atoms with E-state index in [0.717, 1.165) is 48.2 Å². The van der Waals surface area contributed by atoms with E-state index in [1.807, 2.05) is 42.5 Å². The van der Waals surface area contributed by atoms with Gasteiger partial charge in [-0.2, -0.15) is 0 Å². The first-order chi connectivity index (χ1) is 12.6. The number of benzene rings is 2. The van der Waals surface area contributed by atoms with Crippen LogP contribution < -0.4 is 5.32 Å². The van der Waals surface area contributed by atoms with E-state index in [-0.39, 0.29) is 34.9 Å². The van der Waals surface area contributed by atoms with Crippen molar-refractivity contribution in [2.75, 3.05) is 5.75 Å². The quantitative estimate of drug-likeness (QED) is 0.899. The molecule has 1 heterocycles. The molecule has 5 nitrogen and oxygen atoms in total. The van der Waals surface area contributed by atoms with Gasteiger partial charge in [0, 0.05) is 5.56 Å². The molecule has 2 fully saturated rings. The lowest BCUT2D eigenvalue weighted by Gasteiger charge is -2.36. The molecule has 1 aliphatic carbocycles. The molecule has 1 saturated heterocycles. The standard InChI is InChI=1S/C20H20N2O3S/c23-18-12-26-20(25)22(18)17-11-4-3-10-16(17)21-19(24)15-9-5-7-13-6-1-2-8-14(13)15/h1-2,5-9,16-17H,3-4,10-12H2,(H,21,24). The predicted octanol–water partition coefficient (Wildman–Crippen LogP) is 3.58. The molecule has 1 saturated carbocycles. The monoisotopic (exact) mass is 368 g/mol. The summed E-state index contributed by atoms with van der Waals surface area (Å²) in [6.07, 6.45) is 3.48. The summed E-state index contributed by atoms with van der Waals surface area (Å²) in [6, 6.07) is 13.0. The molecule has 0 aromatic heterocycles. The summed E-state index contributed by atoms with van der Waals surface area (Å²) in [5.74, 6) is -0.0824. The van der Waals surface area contributed by atoms with Crippen LogP contribution in [0.5, 0.6) is 0 Å². The van der Waals surface area contributed by atoms with Gasteiger partial charge in [-0.3, -0.25) is 19.3 Å². The van der Waals surface area contributed by atoms with E-state index in [4.69, 9.17) is 0 Å². The third-order valence-corrected chi connectivity index (χ3v) is 6.03. The van der Waals surface area contributed by atoms with Crippen LogP contribution in [0.4, 0.5) is 4.79 Å². The zero-order valence-corrected chi connectivity index (χ0v) is 15.1. The summed E-state index contributed by atoms with van der Waals surface area (Å²) < 4.78 is 0. The van der Waals surface area contributed by atoms with Crippen LogP contribution in [0.1, 0.15) is 36.0 Å². The number of fused-ring (bicyclic) bond motifs is 1. The smallest absolute Gasteiger partial charge is 0.289 e. The zero-order chi connectivity index (χ0) is 18.1. The van der Waals surface area contributed by atoms with Crippen LogP contribution in [-0.2, 0) is 4.79 Å². The number of thioether (sulfide) groups is 1. The van der Waals surface area contributed by atoms with Crippen LogP contribution in [0.2, 0.25) is 0 Å². The largest absolute Gasteiger partial charge is 0.347 e. The van der Waals surface area contributed by atoms with Crippen LogP contribution in [0.25, 0.3) is 10.8 Å². The summed E-state index contributed by atoms with van der Waals surface area (Å²) in [4.78, 5) is 38.6. The maximum absolute atomic E-state index is 12.9. The minimum atomic E-state index is -0.238. The molecule has 2 aromatic rings. The molecule has 134 valence electrons. The lowest BCUT2D eigenvalue weighted by molar-refractivity contribution is -0.127. The molecule has 0 spiro atoms. The van der Waals surface area contributed by atoms with Gasteiger partial charge in [0.2, 0.25) is 5.91 Å². The van der Waals surface area contributed by atoms with Crippen LogP contribution in [0.15, 0.2) is 42.5 Å². The molecule has 26 heavy (non-hydrogen) atoms. The van der Waals surface area contributed by atoms with Crippen LogP contribution in [0, 0.1) is 0 Å². The second-order valence-electron chi connectivity index (χ2n) is 6.78. The molecule has 1 N–H and O–H groups in total. The molecule has 3 amide bonds. The topological polar surface area (TPSA) is 66.5 Å². The molecular weight excluding hydrogens is 348 g/mol. The molecular formula is C20H20N2O3S. The van der Waals surface area contributed by atoms with Crippen molar-refractivity contribution in [3.63, 3.8) is 0 Å². The van der Waals surface area contributed by atoms with E-state index < -0.39 is 0 Å². The lowest BCUT2D eigenvalue weighted by Crippen LogP contribution is -2.54. The first-order valence-corrected chi connectivity index (χ1v) is 9.91. The van der Waals surface area contributed by atoms with E-state index >= 15 is 0 Å². The fourth-order valence-corrected chi connectivity index (χ4v) is 4.71. The Morgan fingerprint density at radius 1 is 1.04 bits per heavy atom. The molecule has 6 heteroatoms. The molecule has 0 bridgehead atoms. The number of nitrogens with zero attached hydrogens (tertiary/aromatic N) is 1. The van der Waals surface area contributed by atoms with Crippen molar-refractivity contribution in [3.05, 3.63) is 48.0 Å². The molecule has 4 rings (SSSR count). The van der Waals surface area contributed by atoms with E-state index in [1.165, 1.54) is 4.90 Å². The number of carbonyl (C=O) groups excluding carboxylic acids is 3. The van der Waals surface area contributed by atoms with Gasteiger partial charge in [0.05, 0.1) is 17.8 Å². The number of imide groups is 1. The van der Waals surface area contributed by atoms with Gasteiger partial charge in [-0.25, -0.2) is 0 Å². The highest BCUT2D eigenvalue weighted by molar-refractivity contribution is 8.14. The van der Waals surface area contributed by atoms with Gasteiger partial charge >= 0.3 is 0 Å². The minimum absolute atomic E-state index is 0.142. The Morgan fingerprint density at radius 3 is 2.62 bits per heavy atom. The predicted molar refractivity (Wildman–Crippen MR) is 102 cm³/mol. The van der Waals surface area contributed by atoms with Crippen molar-refractivity contribution < 1.29 is 14.4 Å². The third kappa shape index (κ3) is 3.09. The number of nitrogens with one attached hydrogen (secondary N) is 1. The number of hydrogen-bond acceptors (Lipinski definition) is 4. The van der Waals surface area contributed by atoms with Gasteiger partial charge in [0.15, 0.2) is 0 Å². The number of carbonyl (C=O) groups is 3. The number of hydrogen-bond donors (Lipinski definition) is 1. The normalized spacial score (nSPS) is 23.5. The average Bonchev–Trinajstić information content (AvgIpc) is 3.00. The summed E-state index contributed by atoms with van der Waals surface area (Å²) in [6.45, 7) is 0. The highest BCUT2D eigenvalue weighted by Gasteiger charge is 2.41. The molecule has 0 radical (unpaired) electrons. The van der Waals surface area contributed by atoms with Gasteiger partial charge < -0.3 is 5.32 Å². The Balaban J connectivity index is 1.59. The first kappa shape index (κ1) is 17.1. The van der Waals surface area contributed by atoms with E-state index in [1.54, 1.807) is 0 Å². The Hall–Kier alpha value is -2.34. The molecule has 2 aromatic carbocycles. The number of amides is 3. The number of rotatable bonds is 3. The van der Waals surface area contributed by atoms with Gasteiger partial charge in [-0.15, -0.1) is 0 Å². The maximum atomic E-state index is 12.9. The lowest BCUT2D eigenvalue weighted by atomic mass is 9.89. The SMILES string of the molecule is O=C(NC1CCCCC1N1C(=O)CSC1=O)c1cccc2ccccc12. The second-order valence-corrected chi connectivity index (χ2v) is 7.70. The Bertz CT molecular complexity index is 861. The van der Waals surface area contributed by atoms with Gasteiger partial charge in [-0.1, -0.05) is 61.0 Å².